The van der Waals surface area contributed by atoms with E-state index in [0.717, 1.165) is 28.0 Å². The Morgan fingerprint density at radius 2 is 2.05 bits per heavy atom. The van der Waals surface area contributed by atoms with Crippen LogP contribution in [0.3, 0.4) is 0 Å². The van der Waals surface area contributed by atoms with Gasteiger partial charge in [0, 0.05) is 24.1 Å². The van der Waals surface area contributed by atoms with Crippen LogP contribution in [-0.2, 0) is 7.05 Å². The third-order valence-corrected chi connectivity index (χ3v) is 3.51. The zero-order chi connectivity index (χ0) is 14.3. The molecular formula is C15H16N4O. The van der Waals surface area contributed by atoms with Gasteiger partial charge in [0.15, 0.2) is 0 Å². The number of carbonyl (C=O) groups excluding carboxylic acids is 1. The molecule has 0 aliphatic heterocycles. The molecule has 0 unspecified atom stereocenters. The lowest BCUT2D eigenvalue weighted by molar-refractivity contribution is 0.102. The Bertz CT molecular complexity index is 778. The van der Waals surface area contributed by atoms with E-state index in [1.807, 2.05) is 55.9 Å². The van der Waals surface area contributed by atoms with Gasteiger partial charge in [-0.25, -0.2) is 0 Å². The largest absolute Gasteiger partial charge is 0.350 e. The van der Waals surface area contributed by atoms with Crippen molar-refractivity contribution in [3.05, 3.63) is 47.4 Å². The Morgan fingerprint density at radius 3 is 2.75 bits per heavy atom. The number of aromatic nitrogens is 3. The number of anilines is 1. The second-order valence-corrected chi connectivity index (χ2v) is 4.93. The second kappa shape index (κ2) is 4.52. The number of aryl methyl sites for hydroxylation is 3. The SMILES string of the molecule is Cc1n[nH]c(C)c1NC(=O)c1cn(C)c2ccccc12. The Labute approximate surface area is 116 Å². The molecule has 0 bridgehead atoms. The van der Waals surface area contributed by atoms with Crippen molar-refractivity contribution in [3.8, 4) is 0 Å². The quantitative estimate of drug-likeness (QED) is 0.750. The summed E-state index contributed by atoms with van der Waals surface area (Å²) in [4.78, 5) is 12.5. The number of amides is 1. The molecule has 2 N–H and O–H groups in total. The normalized spacial score (nSPS) is 10.9. The second-order valence-electron chi connectivity index (χ2n) is 4.93. The first-order chi connectivity index (χ1) is 9.58. The van der Waals surface area contributed by atoms with E-state index in [9.17, 15) is 4.79 Å². The van der Waals surface area contributed by atoms with Gasteiger partial charge in [0.05, 0.1) is 22.6 Å². The summed E-state index contributed by atoms with van der Waals surface area (Å²) in [5.41, 5.74) is 4.11. The van der Waals surface area contributed by atoms with Gasteiger partial charge < -0.3 is 9.88 Å². The number of nitrogens with zero attached hydrogens (tertiary/aromatic N) is 2. The van der Waals surface area contributed by atoms with Crippen LogP contribution in [0.4, 0.5) is 5.69 Å². The number of hydrogen-bond acceptors (Lipinski definition) is 2. The fourth-order valence-corrected chi connectivity index (χ4v) is 2.44. The van der Waals surface area contributed by atoms with Crippen LogP contribution in [0.15, 0.2) is 30.5 Å². The summed E-state index contributed by atoms with van der Waals surface area (Å²) in [6, 6.07) is 7.86. The zero-order valence-corrected chi connectivity index (χ0v) is 11.7. The smallest absolute Gasteiger partial charge is 0.257 e. The van der Waals surface area contributed by atoms with Crippen molar-refractivity contribution in [3.63, 3.8) is 0 Å². The first kappa shape index (κ1) is 12.5. The number of hydrogen-bond donors (Lipinski definition) is 2. The minimum absolute atomic E-state index is 0.116. The van der Waals surface area contributed by atoms with Crippen LogP contribution in [0.2, 0.25) is 0 Å². The number of para-hydroxylation sites is 1. The molecule has 5 nitrogen and oxygen atoms in total. The molecule has 3 rings (SSSR count). The molecule has 2 aromatic heterocycles. The van der Waals surface area contributed by atoms with Crippen molar-refractivity contribution in [1.82, 2.24) is 14.8 Å². The van der Waals surface area contributed by atoms with Crippen LogP contribution in [0.1, 0.15) is 21.7 Å². The minimum atomic E-state index is -0.116. The summed E-state index contributed by atoms with van der Waals surface area (Å²) < 4.78 is 1.96. The van der Waals surface area contributed by atoms with Crippen molar-refractivity contribution in [2.24, 2.45) is 7.05 Å². The number of fused-ring (bicyclic) bond motifs is 1. The molecule has 1 aromatic carbocycles. The molecule has 5 heteroatoms. The lowest BCUT2D eigenvalue weighted by Crippen LogP contribution is -2.12. The van der Waals surface area contributed by atoms with Gasteiger partial charge in [0.1, 0.15) is 0 Å². The Kier molecular flexibility index (Phi) is 2.82. The summed E-state index contributed by atoms with van der Waals surface area (Å²) in [7, 11) is 1.94. The molecule has 0 aliphatic carbocycles. The zero-order valence-electron chi connectivity index (χ0n) is 11.7. The fraction of sp³-hybridized carbons (Fsp3) is 0.200. The predicted molar refractivity (Wildman–Crippen MR) is 78.9 cm³/mol. The van der Waals surface area contributed by atoms with Crippen LogP contribution < -0.4 is 5.32 Å². The third-order valence-electron chi connectivity index (χ3n) is 3.51. The highest BCUT2D eigenvalue weighted by atomic mass is 16.1. The highest BCUT2D eigenvalue weighted by Gasteiger charge is 2.16. The van der Waals surface area contributed by atoms with Crippen molar-refractivity contribution >= 4 is 22.5 Å². The van der Waals surface area contributed by atoms with E-state index in [0.29, 0.717) is 5.56 Å². The standard InChI is InChI=1S/C15H16N4O/c1-9-14(10(2)18-17-9)16-15(20)12-8-19(3)13-7-5-4-6-11(12)13/h4-8H,1-3H3,(H,16,20)(H,17,18). The Morgan fingerprint density at radius 1 is 1.30 bits per heavy atom. The molecule has 0 saturated heterocycles. The molecule has 3 aromatic rings. The van der Waals surface area contributed by atoms with Crippen LogP contribution in [0, 0.1) is 13.8 Å². The maximum absolute atomic E-state index is 12.5. The molecule has 2 heterocycles. The maximum Gasteiger partial charge on any atom is 0.257 e. The lowest BCUT2D eigenvalue weighted by Gasteiger charge is -2.04. The molecule has 0 spiro atoms. The van der Waals surface area contributed by atoms with Gasteiger partial charge in [-0.15, -0.1) is 0 Å². The maximum atomic E-state index is 12.5. The molecule has 0 atom stereocenters. The number of benzene rings is 1. The van der Waals surface area contributed by atoms with E-state index < -0.39 is 0 Å². The van der Waals surface area contributed by atoms with Gasteiger partial charge in [-0.3, -0.25) is 9.89 Å². The van der Waals surface area contributed by atoms with Gasteiger partial charge in [0.2, 0.25) is 0 Å². The van der Waals surface area contributed by atoms with E-state index in [1.165, 1.54) is 0 Å². The lowest BCUT2D eigenvalue weighted by atomic mass is 10.1. The molecule has 0 aliphatic rings. The molecule has 20 heavy (non-hydrogen) atoms. The average Bonchev–Trinajstić information content (AvgIpc) is 2.94. The van der Waals surface area contributed by atoms with E-state index in [1.54, 1.807) is 0 Å². The number of aromatic amines is 1. The van der Waals surface area contributed by atoms with Crippen molar-refractivity contribution in [2.45, 2.75) is 13.8 Å². The summed E-state index contributed by atoms with van der Waals surface area (Å²) in [5, 5.41) is 10.8. The molecule has 1 amide bonds. The molecule has 0 fully saturated rings. The van der Waals surface area contributed by atoms with Gasteiger partial charge in [0.25, 0.3) is 5.91 Å². The van der Waals surface area contributed by atoms with Gasteiger partial charge in [-0.2, -0.15) is 5.10 Å². The summed E-state index contributed by atoms with van der Waals surface area (Å²) in [6.07, 6.45) is 1.85. The average molecular weight is 268 g/mol. The monoisotopic (exact) mass is 268 g/mol. The first-order valence-electron chi connectivity index (χ1n) is 6.45. The van der Waals surface area contributed by atoms with Gasteiger partial charge in [-0.05, 0) is 19.9 Å². The summed E-state index contributed by atoms with van der Waals surface area (Å²) in [6.45, 7) is 3.75. The van der Waals surface area contributed by atoms with Gasteiger partial charge >= 0.3 is 0 Å². The predicted octanol–water partition coefficient (Wildman–Crippen LogP) is 2.77. The van der Waals surface area contributed by atoms with E-state index in [-0.39, 0.29) is 5.91 Å². The fourth-order valence-electron chi connectivity index (χ4n) is 2.44. The van der Waals surface area contributed by atoms with Crippen LogP contribution >= 0.6 is 0 Å². The first-order valence-corrected chi connectivity index (χ1v) is 6.45. The van der Waals surface area contributed by atoms with Crippen LogP contribution in [0.25, 0.3) is 10.9 Å². The van der Waals surface area contributed by atoms with E-state index in [2.05, 4.69) is 15.5 Å². The Balaban J connectivity index is 2.01. The third kappa shape index (κ3) is 1.87. The summed E-state index contributed by atoms with van der Waals surface area (Å²) >= 11 is 0. The Hall–Kier alpha value is -2.56. The number of rotatable bonds is 2. The van der Waals surface area contributed by atoms with E-state index >= 15 is 0 Å². The van der Waals surface area contributed by atoms with Crippen molar-refractivity contribution < 1.29 is 4.79 Å². The molecule has 0 radical (unpaired) electrons. The number of carbonyl (C=O) groups is 1. The van der Waals surface area contributed by atoms with Crippen molar-refractivity contribution in [2.75, 3.05) is 5.32 Å². The number of H-pyrrole nitrogens is 1. The van der Waals surface area contributed by atoms with Crippen LogP contribution in [0.5, 0.6) is 0 Å². The minimum Gasteiger partial charge on any atom is -0.350 e. The van der Waals surface area contributed by atoms with Gasteiger partial charge in [-0.1, -0.05) is 18.2 Å². The summed E-state index contributed by atoms with van der Waals surface area (Å²) in [5.74, 6) is -0.116. The molecule has 102 valence electrons. The molecular weight excluding hydrogens is 252 g/mol. The number of nitrogens with one attached hydrogen (secondary N) is 2. The highest BCUT2D eigenvalue weighted by Crippen LogP contribution is 2.23. The topological polar surface area (TPSA) is 62.7 Å². The highest BCUT2D eigenvalue weighted by molar-refractivity contribution is 6.13. The van der Waals surface area contributed by atoms with Crippen molar-refractivity contribution in [1.29, 1.82) is 0 Å². The van der Waals surface area contributed by atoms with Crippen LogP contribution in [-0.4, -0.2) is 20.7 Å². The molecule has 0 saturated carbocycles. The van der Waals surface area contributed by atoms with E-state index in [4.69, 9.17) is 0 Å².